The average molecular weight is 172 g/mol. The average Bonchev–Trinajstić information content (AvgIpc) is 1.94. The maximum absolute atomic E-state index is 10.7. The molecule has 0 radical (unpaired) electrons. The van der Waals surface area contributed by atoms with Crippen LogP contribution in [0.25, 0.3) is 0 Å². The molecule has 0 atom stereocenters. The number of rotatable bonds is 1. The van der Waals surface area contributed by atoms with Gasteiger partial charge in [-0.05, 0) is 12.2 Å². The van der Waals surface area contributed by atoms with Crippen molar-refractivity contribution in [1.82, 2.24) is 0 Å². The van der Waals surface area contributed by atoms with Gasteiger partial charge in [0.2, 0.25) is 0 Å². The number of thiol groups is 1. The normalized spacial score (nSPS) is 17.4. The molecule has 0 bridgehead atoms. The van der Waals surface area contributed by atoms with Crippen LogP contribution >= 0.6 is 0 Å². The van der Waals surface area contributed by atoms with Crippen LogP contribution in [0, 0.1) is 0 Å². The zero-order valence-corrected chi connectivity index (χ0v) is 6.21. The third-order valence-electron chi connectivity index (χ3n) is 1.13. The fourth-order valence-electron chi connectivity index (χ4n) is 0.640. The number of ketones is 2. The van der Waals surface area contributed by atoms with Crippen LogP contribution in [0.1, 0.15) is 0 Å². The lowest BCUT2D eigenvalue weighted by molar-refractivity contribution is -0.114. The van der Waals surface area contributed by atoms with E-state index in [-0.39, 0.29) is 0 Å². The number of carbonyl (C=O) groups excluding carboxylic acids is 2. The van der Waals surface area contributed by atoms with Gasteiger partial charge >= 0.3 is 0 Å². The van der Waals surface area contributed by atoms with Gasteiger partial charge in [-0.2, -0.15) is 0 Å². The molecule has 0 spiro atoms. The summed E-state index contributed by atoms with van der Waals surface area (Å²) in [4.78, 5) is 20.8. The first-order valence-corrected chi connectivity index (χ1v) is 3.91. The van der Waals surface area contributed by atoms with Crippen LogP contribution in [0.15, 0.2) is 23.1 Å². The Morgan fingerprint density at radius 3 is 2.18 bits per heavy atom. The van der Waals surface area contributed by atoms with Crippen LogP contribution < -0.4 is 0 Å². The van der Waals surface area contributed by atoms with Gasteiger partial charge in [0.15, 0.2) is 22.3 Å². The number of hydrogen-bond donors (Lipinski definition) is 1. The molecule has 4 nitrogen and oxygen atoms in total. The van der Waals surface area contributed by atoms with Crippen molar-refractivity contribution in [3.63, 3.8) is 0 Å². The molecular formula is C6H4O4S. The second-order valence-electron chi connectivity index (χ2n) is 1.89. The Bertz CT molecular complexity index is 338. The van der Waals surface area contributed by atoms with Gasteiger partial charge in [0.1, 0.15) is 4.91 Å². The van der Waals surface area contributed by atoms with E-state index in [9.17, 15) is 18.0 Å². The van der Waals surface area contributed by atoms with Crippen molar-refractivity contribution >= 4 is 22.3 Å². The molecule has 0 aromatic carbocycles. The molecule has 58 valence electrons. The number of hydrogen-bond acceptors (Lipinski definition) is 4. The molecule has 0 aromatic rings. The van der Waals surface area contributed by atoms with Gasteiger partial charge in [0.05, 0.1) is 0 Å². The third-order valence-corrected chi connectivity index (χ3v) is 1.87. The van der Waals surface area contributed by atoms with Crippen molar-refractivity contribution in [2.45, 2.75) is 0 Å². The van der Waals surface area contributed by atoms with Crippen LogP contribution in [0.5, 0.6) is 0 Å². The summed E-state index contributed by atoms with van der Waals surface area (Å²) in [5.41, 5.74) is 0. The molecule has 0 aromatic heterocycles. The van der Waals surface area contributed by atoms with Crippen LogP contribution in [0.4, 0.5) is 0 Å². The van der Waals surface area contributed by atoms with Crippen LogP contribution in [-0.2, 0) is 20.3 Å². The lowest BCUT2D eigenvalue weighted by Crippen LogP contribution is -2.08. The smallest absolute Gasteiger partial charge is 0.197 e. The van der Waals surface area contributed by atoms with Gasteiger partial charge in [-0.25, -0.2) is 8.42 Å². The van der Waals surface area contributed by atoms with Crippen LogP contribution in [-0.4, -0.2) is 20.0 Å². The minimum atomic E-state index is -2.95. The third kappa shape index (κ3) is 1.62. The van der Waals surface area contributed by atoms with E-state index in [1.807, 2.05) is 0 Å². The summed E-state index contributed by atoms with van der Waals surface area (Å²) in [6.07, 6.45) is 2.79. The van der Waals surface area contributed by atoms with E-state index in [0.717, 1.165) is 18.2 Å². The molecule has 1 aliphatic rings. The molecule has 0 saturated carbocycles. The van der Waals surface area contributed by atoms with Crippen molar-refractivity contribution in [1.29, 1.82) is 0 Å². The van der Waals surface area contributed by atoms with E-state index in [0.29, 0.717) is 0 Å². The Labute approximate surface area is 64.2 Å². The van der Waals surface area contributed by atoms with Gasteiger partial charge in [-0.15, -0.1) is 0 Å². The second-order valence-corrected chi connectivity index (χ2v) is 2.88. The zero-order valence-electron chi connectivity index (χ0n) is 5.31. The van der Waals surface area contributed by atoms with Gasteiger partial charge in [0.25, 0.3) is 0 Å². The summed E-state index contributed by atoms with van der Waals surface area (Å²) in [5, 5.41) is 0. The zero-order chi connectivity index (χ0) is 8.43. The molecular weight excluding hydrogens is 168 g/mol. The quantitative estimate of drug-likeness (QED) is 0.415. The van der Waals surface area contributed by atoms with Crippen molar-refractivity contribution in [3.8, 4) is 0 Å². The van der Waals surface area contributed by atoms with E-state index in [2.05, 4.69) is 0 Å². The lowest BCUT2D eigenvalue weighted by Gasteiger charge is -1.96. The van der Waals surface area contributed by atoms with Gasteiger partial charge in [-0.1, -0.05) is 0 Å². The lowest BCUT2D eigenvalue weighted by atomic mass is 10.2. The highest BCUT2D eigenvalue weighted by Crippen LogP contribution is 2.04. The molecule has 0 heterocycles. The summed E-state index contributed by atoms with van der Waals surface area (Å²) < 4.78 is 20.5. The summed E-state index contributed by atoms with van der Waals surface area (Å²) in [6, 6.07) is 0. The van der Waals surface area contributed by atoms with E-state index < -0.39 is 27.2 Å². The highest BCUT2D eigenvalue weighted by atomic mass is 32.2. The highest BCUT2D eigenvalue weighted by Gasteiger charge is 2.14. The molecule has 1 aliphatic carbocycles. The van der Waals surface area contributed by atoms with Crippen LogP contribution in [0.2, 0.25) is 0 Å². The van der Waals surface area contributed by atoms with E-state index in [4.69, 9.17) is 0 Å². The Morgan fingerprint density at radius 1 is 1.09 bits per heavy atom. The molecule has 0 N–H and O–H groups in total. The molecule has 0 unspecified atom stereocenters. The minimum Gasteiger partial charge on any atom is -0.290 e. The van der Waals surface area contributed by atoms with Gasteiger partial charge in [-0.3, -0.25) is 9.59 Å². The monoisotopic (exact) mass is 172 g/mol. The summed E-state index contributed by atoms with van der Waals surface area (Å²) in [7, 11) is -2.95. The van der Waals surface area contributed by atoms with Crippen LogP contribution in [0.3, 0.4) is 0 Å². The van der Waals surface area contributed by atoms with Crippen molar-refractivity contribution in [2.24, 2.45) is 0 Å². The highest BCUT2D eigenvalue weighted by molar-refractivity contribution is 7.78. The number of allylic oxidation sites excluding steroid dienone is 4. The molecule has 0 aliphatic heterocycles. The Morgan fingerprint density at radius 2 is 1.73 bits per heavy atom. The molecule has 11 heavy (non-hydrogen) atoms. The standard InChI is InChI=1S/C6H4O4S/c7-4-1-2-5(8)6(3-4)11(9)10/h1-3,11H. The van der Waals surface area contributed by atoms with E-state index in [1.54, 1.807) is 0 Å². The van der Waals surface area contributed by atoms with Crippen molar-refractivity contribution in [2.75, 3.05) is 0 Å². The Hall–Kier alpha value is -1.23. The predicted molar refractivity (Wildman–Crippen MR) is 37.6 cm³/mol. The SMILES string of the molecule is O=C1C=CC(=O)C([SH](=O)=O)=C1. The van der Waals surface area contributed by atoms with E-state index >= 15 is 0 Å². The van der Waals surface area contributed by atoms with Crippen molar-refractivity contribution in [3.05, 3.63) is 23.1 Å². The first kappa shape index (κ1) is 7.87. The fraction of sp³-hybridized carbons (Fsp3) is 0. The predicted octanol–water partition coefficient (Wildman–Crippen LogP) is -0.810. The maximum atomic E-state index is 10.7. The fourth-order valence-corrected chi connectivity index (χ4v) is 1.13. The topological polar surface area (TPSA) is 68.3 Å². The minimum absolute atomic E-state index is 0.437. The number of carbonyl (C=O) groups is 2. The molecule has 0 saturated heterocycles. The molecule has 0 fully saturated rings. The Kier molecular flexibility index (Phi) is 2.00. The van der Waals surface area contributed by atoms with Crippen molar-refractivity contribution < 1.29 is 18.0 Å². The first-order valence-electron chi connectivity index (χ1n) is 2.74. The molecule has 5 heteroatoms. The largest absolute Gasteiger partial charge is 0.290 e. The molecule has 1 rings (SSSR count). The summed E-state index contributed by atoms with van der Waals surface area (Å²) in [5.74, 6) is -1.11. The Balaban J connectivity index is 3.13. The first-order chi connectivity index (χ1) is 5.11. The van der Waals surface area contributed by atoms with E-state index in [1.165, 1.54) is 0 Å². The maximum Gasteiger partial charge on any atom is 0.197 e. The van der Waals surface area contributed by atoms with Gasteiger partial charge in [0, 0.05) is 6.08 Å². The second kappa shape index (κ2) is 2.79. The molecule has 0 amide bonds. The summed E-state index contributed by atoms with van der Waals surface area (Å²) >= 11 is 0. The van der Waals surface area contributed by atoms with Gasteiger partial charge < -0.3 is 0 Å². The summed E-state index contributed by atoms with van der Waals surface area (Å²) in [6.45, 7) is 0.